The molecule has 2 aromatic rings. The molecule has 0 aliphatic heterocycles. The first-order chi connectivity index (χ1) is 10.0. The van der Waals surface area contributed by atoms with E-state index >= 15 is 0 Å². The van der Waals surface area contributed by atoms with E-state index in [2.05, 4.69) is 21.5 Å². The van der Waals surface area contributed by atoms with E-state index in [1.807, 2.05) is 6.92 Å². The third kappa shape index (κ3) is 3.81. The minimum Gasteiger partial charge on any atom is -0.384 e. The van der Waals surface area contributed by atoms with Crippen LogP contribution < -0.4 is 4.72 Å². The van der Waals surface area contributed by atoms with Gasteiger partial charge in [0, 0.05) is 11.8 Å². The molecule has 0 unspecified atom stereocenters. The average Bonchev–Trinajstić information content (AvgIpc) is 2.45. The summed E-state index contributed by atoms with van der Waals surface area (Å²) in [5, 5.41) is 8.74. The molecule has 1 aromatic heterocycles. The highest BCUT2D eigenvalue weighted by Gasteiger charge is 2.18. The second kappa shape index (κ2) is 6.39. The Kier molecular flexibility index (Phi) is 4.58. The van der Waals surface area contributed by atoms with Gasteiger partial charge in [-0.2, -0.15) is 0 Å². The lowest BCUT2D eigenvalue weighted by molar-refractivity contribution is 0.350. The highest BCUT2D eigenvalue weighted by Crippen LogP contribution is 2.18. The summed E-state index contributed by atoms with van der Waals surface area (Å²) in [6.07, 6.45) is 1.53. The molecule has 0 amide bonds. The Morgan fingerprint density at radius 1 is 1.29 bits per heavy atom. The van der Waals surface area contributed by atoms with Crippen LogP contribution in [0.25, 0.3) is 0 Å². The number of benzene rings is 1. The first-order valence-corrected chi connectivity index (χ1v) is 7.65. The van der Waals surface area contributed by atoms with Gasteiger partial charge in [0.15, 0.2) is 0 Å². The Morgan fingerprint density at radius 3 is 2.76 bits per heavy atom. The molecule has 1 aromatic carbocycles. The molecule has 0 saturated heterocycles. The van der Waals surface area contributed by atoms with Crippen LogP contribution in [0, 0.1) is 18.8 Å². The number of pyridine rings is 1. The number of aromatic nitrogens is 1. The van der Waals surface area contributed by atoms with Crippen molar-refractivity contribution in [2.75, 3.05) is 11.3 Å². The quantitative estimate of drug-likeness (QED) is 0.843. The van der Waals surface area contributed by atoms with Gasteiger partial charge in [-0.3, -0.25) is 4.72 Å². The van der Waals surface area contributed by atoms with Crippen molar-refractivity contribution < 1.29 is 13.5 Å². The number of rotatable bonds is 3. The number of aliphatic hydroxyl groups is 1. The van der Waals surface area contributed by atoms with E-state index in [1.165, 1.54) is 12.3 Å². The van der Waals surface area contributed by atoms with Crippen molar-refractivity contribution in [1.82, 2.24) is 4.98 Å². The zero-order chi connectivity index (χ0) is 15.3. The fourth-order valence-electron chi connectivity index (χ4n) is 1.72. The number of aryl methyl sites for hydroxylation is 1. The SMILES string of the molecule is Cc1ccnc(NS(=O)(=O)c2ccccc2C#CCO)c1. The van der Waals surface area contributed by atoms with Crippen LogP contribution in [0.5, 0.6) is 0 Å². The van der Waals surface area contributed by atoms with Gasteiger partial charge in [-0.15, -0.1) is 0 Å². The molecule has 21 heavy (non-hydrogen) atoms. The lowest BCUT2D eigenvalue weighted by Crippen LogP contribution is -2.15. The van der Waals surface area contributed by atoms with Crippen LogP contribution in [0.4, 0.5) is 5.82 Å². The van der Waals surface area contributed by atoms with Crippen molar-refractivity contribution in [1.29, 1.82) is 0 Å². The second-order valence-electron chi connectivity index (χ2n) is 4.28. The number of hydrogen-bond acceptors (Lipinski definition) is 4. The average molecular weight is 302 g/mol. The second-order valence-corrected chi connectivity index (χ2v) is 5.93. The van der Waals surface area contributed by atoms with E-state index in [9.17, 15) is 8.42 Å². The van der Waals surface area contributed by atoms with Crippen molar-refractivity contribution in [3.8, 4) is 11.8 Å². The van der Waals surface area contributed by atoms with Crippen LogP contribution >= 0.6 is 0 Å². The summed E-state index contributed by atoms with van der Waals surface area (Å²) in [6.45, 7) is 1.52. The molecule has 2 N–H and O–H groups in total. The monoisotopic (exact) mass is 302 g/mol. The topological polar surface area (TPSA) is 79.3 Å². The van der Waals surface area contributed by atoms with Crippen molar-refractivity contribution >= 4 is 15.8 Å². The Bertz CT molecular complexity index is 805. The fourth-order valence-corrected chi connectivity index (χ4v) is 2.89. The summed E-state index contributed by atoms with van der Waals surface area (Å²) < 4.78 is 27.3. The van der Waals surface area contributed by atoms with Gasteiger partial charge in [-0.1, -0.05) is 24.0 Å². The van der Waals surface area contributed by atoms with Crippen molar-refractivity contribution in [2.24, 2.45) is 0 Å². The van der Waals surface area contributed by atoms with Gasteiger partial charge in [0.1, 0.15) is 17.3 Å². The third-order valence-corrected chi connectivity index (χ3v) is 4.05. The highest BCUT2D eigenvalue weighted by atomic mass is 32.2. The van der Waals surface area contributed by atoms with E-state index in [-0.39, 0.29) is 17.3 Å². The van der Waals surface area contributed by atoms with E-state index in [0.29, 0.717) is 5.56 Å². The molecule has 0 atom stereocenters. The third-order valence-electron chi connectivity index (χ3n) is 2.63. The zero-order valence-electron chi connectivity index (χ0n) is 11.4. The molecule has 2 rings (SSSR count). The molecule has 0 saturated carbocycles. The van der Waals surface area contributed by atoms with E-state index in [4.69, 9.17) is 5.11 Å². The maximum Gasteiger partial charge on any atom is 0.264 e. The Hall–Kier alpha value is -2.36. The summed E-state index contributed by atoms with van der Waals surface area (Å²) in [4.78, 5) is 4.03. The molecule has 0 aliphatic carbocycles. The molecule has 0 aliphatic rings. The van der Waals surface area contributed by atoms with Gasteiger partial charge in [0.25, 0.3) is 10.0 Å². The van der Waals surface area contributed by atoms with Crippen molar-refractivity contribution in [2.45, 2.75) is 11.8 Å². The predicted molar refractivity (Wildman–Crippen MR) is 80.2 cm³/mol. The van der Waals surface area contributed by atoms with Crippen LogP contribution in [0.3, 0.4) is 0 Å². The number of nitrogens with zero attached hydrogens (tertiary/aromatic N) is 1. The van der Waals surface area contributed by atoms with Gasteiger partial charge in [0.05, 0.1) is 0 Å². The smallest absolute Gasteiger partial charge is 0.264 e. The molecular formula is C15H14N2O3S. The Morgan fingerprint density at radius 2 is 2.05 bits per heavy atom. The molecule has 0 spiro atoms. The van der Waals surface area contributed by atoms with Crippen LogP contribution in [0.2, 0.25) is 0 Å². The lowest BCUT2D eigenvalue weighted by atomic mass is 10.2. The molecule has 108 valence electrons. The first kappa shape index (κ1) is 15.0. The van der Waals surface area contributed by atoms with Gasteiger partial charge in [-0.25, -0.2) is 13.4 Å². The minimum atomic E-state index is -3.79. The fraction of sp³-hybridized carbons (Fsp3) is 0.133. The molecule has 6 heteroatoms. The summed E-state index contributed by atoms with van der Waals surface area (Å²) in [6, 6.07) is 9.76. The Balaban J connectivity index is 2.40. The van der Waals surface area contributed by atoms with Crippen molar-refractivity contribution in [3.63, 3.8) is 0 Å². The van der Waals surface area contributed by atoms with Gasteiger partial charge >= 0.3 is 0 Å². The number of anilines is 1. The van der Waals surface area contributed by atoms with Crippen LogP contribution in [0.1, 0.15) is 11.1 Å². The first-order valence-electron chi connectivity index (χ1n) is 6.17. The zero-order valence-corrected chi connectivity index (χ0v) is 12.2. The molecule has 0 radical (unpaired) electrons. The Labute approximate surface area is 123 Å². The molecule has 0 fully saturated rings. The molecule has 0 bridgehead atoms. The van der Waals surface area contributed by atoms with Crippen LogP contribution in [0.15, 0.2) is 47.5 Å². The number of aliphatic hydroxyl groups excluding tert-OH is 1. The summed E-state index contributed by atoms with van der Waals surface area (Å²) in [7, 11) is -3.79. The number of hydrogen-bond donors (Lipinski definition) is 2. The lowest BCUT2D eigenvalue weighted by Gasteiger charge is -2.09. The van der Waals surface area contributed by atoms with Gasteiger partial charge in [0.2, 0.25) is 0 Å². The van der Waals surface area contributed by atoms with E-state index in [1.54, 1.807) is 30.3 Å². The number of sulfonamides is 1. The van der Waals surface area contributed by atoms with Gasteiger partial charge in [-0.05, 0) is 36.8 Å². The maximum atomic E-state index is 12.4. The van der Waals surface area contributed by atoms with Crippen LogP contribution in [-0.2, 0) is 10.0 Å². The molecule has 1 heterocycles. The van der Waals surface area contributed by atoms with E-state index < -0.39 is 10.0 Å². The molecular weight excluding hydrogens is 288 g/mol. The predicted octanol–water partition coefficient (Wildman–Crippen LogP) is 1.53. The summed E-state index contributed by atoms with van der Waals surface area (Å²) in [5.74, 6) is 5.32. The maximum absolute atomic E-state index is 12.4. The van der Waals surface area contributed by atoms with Crippen molar-refractivity contribution in [3.05, 3.63) is 53.7 Å². The van der Waals surface area contributed by atoms with E-state index in [0.717, 1.165) is 5.56 Å². The largest absolute Gasteiger partial charge is 0.384 e. The summed E-state index contributed by atoms with van der Waals surface area (Å²) >= 11 is 0. The number of nitrogens with one attached hydrogen (secondary N) is 1. The standard InChI is InChI=1S/C15H14N2O3S/c1-12-8-9-16-15(11-12)17-21(19,20)14-7-3-2-5-13(14)6-4-10-18/h2-3,5,7-9,11,18H,10H2,1H3,(H,16,17). The molecule has 5 nitrogen and oxygen atoms in total. The van der Waals surface area contributed by atoms with Gasteiger partial charge < -0.3 is 5.11 Å². The summed E-state index contributed by atoms with van der Waals surface area (Å²) in [5.41, 5.74) is 1.22. The van der Waals surface area contributed by atoms with Crippen LogP contribution in [-0.4, -0.2) is 25.1 Å². The normalized spacial score (nSPS) is 10.6. The highest BCUT2D eigenvalue weighted by molar-refractivity contribution is 7.92. The minimum absolute atomic E-state index is 0.0502.